The molecule has 1 aliphatic heterocycles. The van der Waals surface area contributed by atoms with Crippen LogP contribution in [0.3, 0.4) is 0 Å². The van der Waals surface area contributed by atoms with Gasteiger partial charge in [-0.05, 0) is 65.4 Å². The summed E-state index contributed by atoms with van der Waals surface area (Å²) in [5.41, 5.74) is 5.43. The van der Waals surface area contributed by atoms with Gasteiger partial charge >= 0.3 is 5.97 Å². The summed E-state index contributed by atoms with van der Waals surface area (Å²) in [6.07, 6.45) is 1.77. The van der Waals surface area contributed by atoms with Gasteiger partial charge in [-0.1, -0.05) is 60.7 Å². The lowest BCUT2D eigenvalue weighted by Crippen LogP contribution is -2.30. The molecule has 2 N–H and O–H groups in total. The van der Waals surface area contributed by atoms with Crippen LogP contribution in [0.5, 0.6) is 0 Å². The van der Waals surface area contributed by atoms with E-state index in [-0.39, 0.29) is 17.3 Å². The molecule has 4 aromatic carbocycles. The summed E-state index contributed by atoms with van der Waals surface area (Å²) in [7, 11) is 0. The third-order valence-electron chi connectivity index (χ3n) is 6.74. The molecule has 186 valence electrons. The van der Waals surface area contributed by atoms with E-state index in [9.17, 15) is 14.7 Å². The minimum atomic E-state index is -1.04. The molecule has 5 nitrogen and oxygen atoms in total. The van der Waals surface area contributed by atoms with Crippen LogP contribution in [0.2, 0.25) is 0 Å². The van der Waals surface area contributed by atoms with Crippen LogP contribution in [0.4, 0.5) is 10.1 Å². The number of aryl methyl sites for hydroxylation is 1. The van der Waals surface area contributed by atoms with Crippen LogP contribution >= 0.6 is 0 Å². The molecule has 37 heavy (non-hydrogen) atoms. The van der Waals surface area contributed by atoms with Gasteiger partial charge in [-0.25, -0.2) is 9.18 Å². The summed E-state index contributed by atoms with van der Waals surface area (Å²) in [6, 6.07) is 27.0. The van der Waals surface area contributed by atoms with E-state index in [1.54, 1.807) is 30.3 Å². The Labute approximate surface area is 215 Å². The average Bonchev–Trinajstić information content (AvgIpc) is 2.93. The number of nitrogens with one attached hydrogen (secondary N) is 1. The molecule has 1 heterocycles. The van der Waals surface area contributed by atoms with Gasteiger partial charge in [-0.15, -0.1) is 0 Å². The Kier molecular flexibility index (Phi) is 6.99. The zero-order valence-corrected chi connectivity index (χ0v) is 20.3. The largest absolute Gasteiger partial charge is 0.478 e. The lowest BCUT2D eigenvalue weighted by Gasteiger charge is -2.32. The predicted octanol–water partition coefficient (Wildman–Crippen LogP) is 6.07. The third-order valence-corrected chi connectivity index (χ3v) is 6.74. The number of benzene rings is 4. The van der Waals surface area contributed by atoms with Crippen LogP contribution in [0.15, 0.2) is 91.0 Å². The second kappa shape index (κ2) is 10.7. The standard InChI is InChI=1S/C31H27FN2O3/c32-28-18-22(26-10-4-5-11-27(26)31(36)37)12-13-25(28)20-34-16-6-9-23-17-24(14-15-29(23)34)30(35)33-19-21-7-2-1-3-8-21/h1-5,7-8,10-15,17-18H,6,9,16,19-20H2,(H,33,35)(H,36,37). The fraction of sp³-hybridized carbons (Fsp3) is 0.161. The summed E-state index contributed by atoms with van der Waals surface area (Å²) in [6.45, 7) is 1.64. The first-order valence-electron chi connectivity index (χ1n) is 12.3. The number of carbonyl (C=O) groups excluding carboxylic acids is 1. The monoisotopic (exact) mass is 494 g/mol. The number of nitrogens with zero attached hydrogens (tertiary/aromatic N) is 1. The van der Waals surface area contributed by atoms with Crippen molar-refractivity contribution in [3.05, 3.63) is 125 Å². The summed E-state index contributed by atoms with van der Waals surface area (Å²) in [4.78, 5) is 26.4. The number of hydrogen-bond donors (Lipinski definition) is 2. The summed E-state index contributed by atoms with van der Waals surface area (Å²) in [5.74, 6) is -1.54. The molecule has 6 heteroatoms. The molecule has 0 bridgehead atoms. The van der Waals surface area contributed by atoms with Gasteiger partial charge in [-0.3, -0.25) is 4.79 Å². The zero-order valence-electron chi connectivity index (χ0n) is 20.3. The molecular formula is C31H27FN2O3. The van der Waals surface area contributed by atoms with Gasteiger partial charge < -0.3 is 15.3 Å². The number of hydrogen-bond acceptors (Lipinski definition) is 3. The molecule has 1 aliphatic rings. The van der Waals surface area contributed by atoms with Crippen molar-refractivity contribution in [3.63, 3.8) is 0 Å². The zero-order chi connectivity index (χ0) is 25.8. The number of carboxylic acids is 1. The Morgan fingerprint density at radius 1 is 0.919 bits per heavy atom. The van der Waals surface area contributed by atoms with Gasteiger partial charge in [0.25, 0.3) is 5.91 Å². The van der Waals surface area contributed by atoms with Crippen molar-refractivity contribution in [2.45, 2.75) is 25.9 Å². The van der Waals surface area contributed by atoms with E-state index >= 15 is 4.39 Å². The van der Waals surface area contributed by atoms with Crippen LogP contribution in [0.25, 0.3) is 11.1 Å². The van der Waals surface area contributed by atoms with Crippen LogP contribution in [0.1, 0.15) is 43.8 Å². The maximum atomic E-state index is 15.2. The van der Waals surface area contributed by atoms with Crippen LogP contribution in [0, 0.1) is 5.82 Å². The van der Waals surface area contributed by atoms with Crippen molar-refractivity contribution in [1.29, 1.82) is 0 Å². The van der Waals surface area contributed by atoms with Gasteiger partial charge in [0.05, 0.1) is 5.56 Å². The molecule has 0 unspecified atom stereocenters. The Bertz CT molecular complexity index is 1450. The first kappa shape index (κ1) is 24.3. The average molecular weight is 495 g/mol. The number of anilines is 1. The lowest BCUT2D eigenvalue weighted by molar-refractivity contribution is 0.0697. The number of aromatic carboxylic acids is 1. The highest BCUT2D eigenvalue weighted by molar-refractivity contribution is 5.96. The van der Waals surface area contributed by atoms with Crippen molar-refractivity contribution in [2.75, 3.05) is 11.4 Å². The van der Waals surface area contributed by atoms with Crippen LogP contribution in [-0.4, -0.2) is 23.5 Å². The van der Waals surface area contributed by atoms with E-state index in [0.29, 0.717) is 35.3 Å². The molecular weight excluding hydrogens is 467 g/mol. The molecule has 0 saturated carbocycles. The molecule has 0 radical (unpaired) electrons. The van der Waals surface area contributed by atoms with Crippen LogP contribution < -0.4 is 10.2 Å². The van der Waals surface area contributed by atoms with Crippen molar-refractivity contribution >= 4 is 17.6 Å². The van der Waals surface area contributed by atoms with Gasteiger partial charge in [0.15, 0.2) is 0 Å². The minimum absolute atomic E-state index is 0.118. The fourth-order valence-corrected chi connectivity index (χ4v) is 4.83. The number of carboxylic acid groups (broad SMARTS) is 1. The second-order valence-corrected chi connectivity index (χ2v) is 9.19. The molecule has 1 amide bonds. The van der Waals surface area contributed by atoms with E-state index < -0.39 is 5.97 Å². The number of amides is 1. The van der Waals surface area contributed by atoms with E-state index in [0.717, 1.165) is 36.2 Å². The highest BCUT2D eigenvalue weighted by atomic mass is 19.1. The summed E-state index contributed by atoms with van der Waals surface area (Å²) < 4.78 is 15.2. The molecule has 0 atom stereocenters. The summed E-state index contributed by atoms with van der Waals surface area (Å²) >= 11 is 0. The number of fused-ring (bicyclic) bond motifs is 1. The fourth-order valence-electron chi connectivity index (χ4n) is 4.83. The maximum absolute atomic E-state index is 15.2. The molecule has 0 saturated heterocycles. The number of halogens is 1. The van der Waals surface area contributed by atoms with E-state index in [2.05, 4.69) is 10.2 Å². The highest BCUT2D eigenvalue weighted by Gasteiger charge is 2.20. The van der Waals surface area contributed by atoms with Crippen molar-refractivity contribution in [3.8, 4) is 11.1 Å². The second-order valence-electron chi connectivity index (χ2n) is 9.19. The van der Waals surface area contributed by atoms with Gasteiger partial charge in [-0.2, -0.15) is 0 Å². The highest BCUT2D eigenvalue weighted by Crippen LogP contribution is 2.31. The molecule has 0 spiro atoms. The van der Waals surface area contributed by atoms with Crippen molar-refractivity contribution in [1.82, 2.24) is 5.32 Å². The van der Waals surface area contributed by atoms with Gasteiger partial charge in [0, 0.05) is 36.4 Å². The van der Waals surface area contributed by atoms with Crippen molar-refractivity contribution < 1.29 is 19.1 Å². The van der Waals surface area contributed by atoms with Crippen LogP contribution in [-0.2, 0) is 19.5 Å². The van der Waals surface area contributed by atoms with E-state index in [1.807, 2.05) is 48.5 Å². The SMILES string of the molecule is O=C(NCc1ccccc1)c1ccc2c(c1)CCCN2Cc1ccc(-c2ccccc2C(=O)O)cc1F. The number of rotatable bonds is 7. The topological polar surface area (TPSA) is 69.6 Å². The molecule has 0 aromatic heterocycles. The summed E-state index contributed by atoms with van der Waals surface area (Å²) in [5, 5.41) is 12.4. The molecule has 0 fully saturated rings. The Hall–Kier alpha value is -4.45. The Morgan fingerprint density at radius 2 is 1.70 bits per heavy atom. The normalized spacial score (nSPS) is 12.6. The van der Waals surface area contributed by atoms with Gasteiger partial charge in [0.1, 0.15) is 5.82 Å². The maximum Gasteiger partial charge on any atom is 0.336 e. The Balaban J connectivity index is 1.32. The molecule has 4 aromatic rings. The number of carbonyl (C=O) groups is 2. The molecule has 0 aliphatic carbocycles. The first-order chi connectivity index (χ1) is 18.0. The van der Waals surface area contributed by atoms with Crippen molar-refractivity contribution in [2.24, 2.45) is 0 Å². The van der Waals surface area contributed by atoms with Gasteiger partial charge in [0.2, 0.25) is 0 Å². The third kappa shape index (κ3) is 5.38. The quantitative estimate of drug-likeness (QED) is 0.327. The first-order valence-corrected chi connectivity index (χ1v) is 12.3. The lowest BCUT2D eigenvalue weighted by atomic mass is 9.96. The minimum Gasteiger partial charge on any atom is -0.478 e. The molecule has 5 rings (SSSR count). The predicted molar refractivity (Wildman–Crippen MR) is 142 cm³/mol. The Morgan fingerprint density at radius 3 is 2.49 bits per heavy atom. The smallest absolute Gasteiger partial charge is 0.336 e. The van der Waals surface area contributed by atoms with E-state index in [1.165, 1.54) is 12.1 Å². The van der Waals surface area contributed by atoms with E-state index in [4.69, 9.17) is 0 Å².